The summed E-state index contributed by atoms with van der Waals surface area (Å²) in [7, 11) is 0. The number of halogens is 2. The number of hydrogen-bond donors (Lipinski definition) is 1. The molecule has 0 aliphatic carbocycles. The number of nitrogens with one attached hydrogen (secondary N) is 1. The molecule has 0 aliphatic rings. The summed E-state index contributed by atoms with van der Waals surface area (Å²) in [6, 6.07) is 12.3. The Bertz CT molecular complexity index is 482. The highest BCUT2D eigenvalue weighted by molar-refractivity contribution is 9.10. The van der Waals surface area contributed by atoms with E-state index in [-0.39, 0.29) is 0 Å². The zero-order valence-corrected chi connectivity index (χ0v) is 12.2. The number of alkyl halides is 1. The largest absolute Gasteiger partial charge is 0.379 e. The van der Waals surface area contributed by atoms with Crippen LogP contribution in [0.25, 0.3) is 0 Å². The average molecular weight is 326 g/mol. The van der Waals surface area contributed by atoms with Gasteiger partial charge in [0, 0.05) is 22.2 Å². The van der Waals surface area contributed by atoms with E-state index in [1.54, 1.807) is 6.20 Å². The normalized spacial score (nSPS) is 10.3. The van der Waals surface area contributed by atoms with E-state index in [4.69, 9.17) is 11.6 Å². The lowest BCUT2D eigenvalue weighted by atomic mass is 10.1. The van der Waals surface area contributed by atoms with E-state index < -0.39 is 0 Å². The Labute approximate surface area is 121 Å². The number of hydrogen-bond acceptors (Lipinski definition) is 2. The summed E-state index contributed by atoms with van der Waals surface area (Å²) in [5.74, 6) is 0.662. The molecular formula is C14H14BrClN2. The van der Waals surface area contributed by atoms with E-state index in [0.29, 0.717) is 5.88 Å². The maximum Gasteiger partial charge on any atom is 0.0595 e. The Morgan fingerprint density at radius 1 is 1.11 bits per heavy atom. The molecule has 0 fully saturated rings. The summed E-state index contributed by atoms with van der Waals surface area (Å²) in [6.45, 7) is 0.724. The van der Waals surface area contributed by atoms with Crippen molar-refractivity contribution in [2.24, 2.45) is 0 Å². The highest BCUT2D eigenvalue weighted by Crippen LogP contribution is 2.12. The van der Waals surface area contributed by atoms with E-state index in [0.717, 1.165) is 28.8 Å². The fourth-order valence-electron chi connectivity index (χ4n) is 1.60. The molecular weight excluding hydrogens is 312 g/mol. The molecule has 0 saturated carbocycles. The fourth-order valence-corrected chi connectivity index (χ4v) is 2.05. The maximum absolute atomic E-state index is 5.70. The zero-order chi connectivity index (χ0) is 12.8. The van der Waals surface area contributed by atoms with Gasteiger partial charge in [0.25, 0.3) is 0 Å². The number of pyridine rings is 1. The lowest BCUT2D eigenvalue weighted by Crippen LogP contribution is -2.01. The van der Waals surface area contributed by atoms with Crippen molar-refractivity contribution in [2.45, 2.75) is 13.0 Å². The number of aromatic nitrogens is 1. The number of benzene rings is 1. The van der Waals surface area contributed by atoms with Gasteiger partial charge in [0.2, 0.25) is 0 Å². The third-order valence-corrected chi connectivity index (χ3v) is 3.26. The highest BCUT2D eigenvalue weighted by Gasteiger charge is 1.96. The van der Waals surface area contributed by atoms with Crippen molar-refractivity contribution in [1.29, 1.82) is 0 Å². The zero-order valence-electron chi connectivity index (χ0n) is 9.87. The molecule has 94 valence electrons. The van der Waals surface area contributed by atoms with Crippen molar-refractivity contribution in [3.8, 4) is 0 Å². The van der Waals surface area contributed by atoms with E-state index in [2.05, 4.69) is 50.5 Å². The molecule has 2 rings (SSSR count). The smallest absolute Gasteiger partial charge is 0.0595 e. The second kappa shape index (κ2) is 6.76. The molecule has 2 aromatic rings. The molecule has 0 radical (unpaired) electrons. The monoisotopic (exact) mass is 324 g/mol. The van der Waals surface area contributed by atoms with E-state index >= 15 is 0 Å². The molecule has 1 aromatic carbocycles. The minimum absolute atomic E-state index is 0.662. The molecule has 18 heavy (non-hydrogen) atoms. The first kappa shape index (κ1) is 13.4. The van der Waals surface area contributed by atoms with Crippen LogP contribution in [0.4, 0.5) is 5.69 Å². The van der Waals surface area contributed by atoms with Gasteiger partial charge in [0.05, 0.1) is 12.2 Å². The lowest BCUT2D eigenvalue weighted by Gasteiger charge is -2.07. The number of aryl methyl sites for hydroxylation is 1. The first-order chi connectivity index (χ1) is 8.78. The molecule has 0 aliphatic heterocycles. The summed E-state index contributed by atoms with van der Waals surface area (Å²) in [5.41, 5.74) is 3.37. The van der Waals surface area contributed by atoms with Crippen LogP contribution < -0.4 is 5.32 Å². The summed E-state index contributed by atoms with van der Waals surface area (Å²) >= 11 is 9.07. The molecule has 4 heteroatoms. The number of anilines is 1. The standard InChI is InChI=1S/C14H14BrClN2/c15-12-3-6-14(17-9-12)10-18-13-4-1-11(2-5-13)7-8-16/h1-6,9,18H,7-8,10H2. The van der Waals surface area contributed by atoms with Crippen LogP contribution in [0.5, 0.6) is 0 Å². The Morgan fingerprint density at radius 2 is 1.89 bits per heavy atom. The van der Waals surface area contributed by atoms with Crippen molar-refractivity contribution in [3.05, 3.63) is 58.3 Å². The quantitative estimate of drug-likeness (QED) is 0.832. The minimum atomic E-state index is 0.662. The third-order valence-electron chi connectivity index (χ3n) is 2.60. The van der Waals surface area contributed by atoms with Gasteiger partial charge in [-0.1, -0.05) is 12.1 Å². The second-order valence-electron chi connectivity index (χ2n) is 3.96. The third kappa shape index (κ3) is 4.00. The van der Waals surface area contributed by atoms with Crippen LogP contribution in [0.1, 0.15) is 11.3 Å². The van der Waals surface area contributed by atoms with E-state index in [1.165, 1.54) is 5.56 Å². The van der Waals surface area contributed by atoms with Gasteiger partial charge >= 0.3 is 0 Å². The second-order valence-corrected chi connectivity index (χ2v) is 5.25. The van der Waals surface area contributed by atoms with Gasteiger partial charge < -0.3 is 5.32 Å². The van der Waals surface area contributed by atoms with Crippen LogP contribution >= 0.6 is 27.5 Å². The molecule has 0 saturated heterocycles. The summed E-state index contributed by atoms with van der Waals surface area (Å²) in [5, 5.41) is 3.34. The van der Waals surface area contributed by atoms with Crippen LogP contribution in [-0.2, 0) is 13.0 Å². The summed E-state index contributed by atoms with van der Waals surface area (Å²) in [6.07, 6.45) is 2.72. The van der Waals surface area contributed by atoms with E-state index in [9.17, 15) is 0 Å². The Hall–Kier alpha value is -1.06. The Kier molecular flexibility index (Phi) is 5.02. The van der Waals surface area contributed by atoms with Crippen molar-refractivity contribution in [1.82, 2.24) is 4.98 Å². The maximum atomic E-state index is 5.70. The molecule has 0 unspecified atom stereocenters. The predicted molar refractivity (Wildman–Crippen MR) is 80.1 cm³/mol. The predicted octanol–water partition coefficient (Wildman–Crippen LogP) is 4.24. The molecule has 0 spiro atoms. The van der Waals surface area contributed by atoms with Gasteiger partial charge in [0.15, 0.2) is 0 Å². The van der Waals surface area contributed by atoms with E-state index in [1.807, 2.05) is 12.1 Å². The highest BCUT2D eigenvalue weighted by atomic mass is 79.9. The molecule has 0 amide bonds. The fraction of sp³-hybridized carbons (Fsp3) is 0.214. The average Bonchev–Trinajstić information content (AvgIpc) is 2.40. The van der Waals surface area contributed by atoms with Gasteiger partial charge in [-0.3, -0.25) is 4.98 Å². The molecule has 0 bridgehead atoms. The minimum Gasteiger partial charge on any atom is -0.379 e. The molecule has 0 atom stereocenters. The van der Waals surface area contributed by atoms with Gasteiger partial charge in [-0.05, 0) is 52.2 Å². The molecule has 1 aromatic heterocycles. The van der Waals surface area contributed by atoms with Crippen LogP contribution in [0.2, 0.25) is 0 Å². The molecule has 2 nitrogen and oxygen atoms in total. The van der Waals surface area contributed by atoms with Crippen LogP contribution in [0.3, 0.4) is 0 Å². The van der Waals surface area contributed by atoms with Gasteiger partial charge in [-0.25, -0.2) is 0 Å². The Morgan fingerprint density at radius 3 is 2.50 bits per heavy atom. The first-order valence-electron chi connectivity index (χ1n) is 5.77. The van der Waals surface area contributed by atoms with Crippen molar-refractivity contribution in [2.75, 3.05) is 11.2 Å². The SMILES string of the molecule is ClCCc1ccc(NCc2ccc(Br)cn2)cc1. The van der Waals surface area contributed by atoms with Crippen LogP contribution in [0, 0.1) is 0 Å². The molecule has 1 heterocycles. The van der Waals surface area contributed by atoms with Gasteiger partial charge in [0.1, 0.15) is 0 Å². The number of rotatable bonds is 5. The lowest BCUT2D eigenvalue weighted by molar-refractivity contribution is 1.04. The summed E-state index contributed by atoms with van der Waals surface area (Å²) in [4.78, 5) is 4.31. The summed E-state index contributed by atoms with van der Waals surface area (Å²) < 4.78 is 0.997. The topological polar surface area (TPSA) is 24.9 Å². The van der Waals surface area contributed by atoms with Crippen LogP contribution in [-0.4, -0.2) is 10.9 Å². The van der Waals surface area contributed by atoms with Gasteiger partial charge in [-0.15, -0.1) is 11.6 Å². The van der Waals surface area contributed by atoms with Gasteiger partial charge in [-0.2, -0.15) is 0 Å². The van der Waals surface area contributed by atoms with Crippen LogP contribution in [0.15, 0.2) is 47.1 Å². The molecule has 1 N–H and O–H groups in total. The first-order valence-corrected chi connectivity index (χ1v) is 7.10. The van der Waals surface area contributed by atoms with Crippen molar-refractivity contribution < 1.29 is 0 Å². The van der Waals surface area contributed by atoms with Crippen molar-refractivity contribution in [3.63, 3.8) is 0 Å². The Balaban J connectivity index is 1.91. The number of nitrogens with zero attached hydrogens (tertiary/aromatic N) is 1. The van der Waals surface area contributed by atoms with Crippen molar-refractivity contribution >= 4 is 33.2 Å².